The number of carbonyl (C=O) groups excluding carboxylic acids is 2. The van der Waals surface area contributed by atoms with E-state index in [0.29, 0.717) is 6.54 Å². The van der Waals surface area contributed by atoms with Crippen LogP contribution in [0, 0.1) is 13.8 Å². The van der Waals surface area contributed by atoms with Crippen LogP contribution in [-0.4, -0.2) is 33.5 Å². The van der Waals surface area contributed by atoms with Crippen LogP contribution >= 0.6 is 0 Å². The van der Waals surface area contributed by atoms with Crippen LogP contribution in [0.3, 0.4) is 0 Å². The average Bonchev–Trinajstić information content (AvgIpc) is 3.06. The van der Waals surface area contributed by atoms with Crippen molar-refractivity contribution in [1.29, 1.82) is 0 Å². The third-order valence-corrected chi connectivity index (χ3v) is 4.19. The number of amides is 2. The molecule has 0 fully saturated rings. The summed E-state index contributed by atoms with van der Waals surface area (Å²) in [4.78, 5) is 24.2. The van der Waals surface area contributed by atoms with Crippen LogP contribution in [0.15, 0.2) is 36.0 Å². The lowest BCUT2D eigenvalue weighted by Crippen LogP contribution is -2.31. The molecule has 6 nitrogen and oxygen atoms in total. The van der Waals surface area contributed by atoms with Gasteiger partial charge in [-0.05, 0) is 31.5 Å². The minimum absolute atomic E-state index is 0.241. The predicted molar refractivity (Wildman–Crippen MR) is 91.4 cm³/mol. The van der Waals surface area contributed by atoms with Crippen LogP contribution in [0.25, 0.3) is 0 Å². The molecule has 0 bridgehead atoms. The molecule has 2 N–H and O–H groups in total. The van der Waals surface area contributed by atoms with Crippen molar-refractivity contribution < 1.29 is 9.59 Å². The van der Waals surface area contributed by atoms with Crippen LogP contribution in [0.1, 0.15) is 29.4 Å². The Labute approximate surface area is 140 Å². The Balaban J connectivity index is 1.66. The minimum atomic E-state index is -0.271. The molecule has 0 spiro atoms. The van der Waals surface area contributed by atoms with E-state index in [9.17, 15) is 9.59 Å². The first-order valence-corrected chi connectivity index (χ1v) is 7.83. The lowest BCUT2D eigenvalue weighted by molar-refractivity contribution is -0.138. The fourth-order valence-electron chi connectivity index (χ4n) is 2.79. The van der Waals surface area contributed by atoms with E-state index in [2.05, 4.69) is 15.5 Å². The van der Waals surface area contributed by atoms with Crippen molar-refractivity contribution in [1.82, 2.24) is 15.1 Å². The van der Waals surface area contributed by atoms with Crippen LogP contribution in [-0.2, 0) is 16.0 Å². The molecular formula is C18H20N4O2. The molecule has 1 aliphatic rings. The second-order valence-electron chi connectivity index (χ2n) is 6.02. The normalized spacial score (nSPS) is 14.0. The zero-order valence-corrected chi connectivity index (χ0v) is 14.0. The number of carbonyl (C=O) groups is 2. The van der Waals surface area contributed by atoms with Crippen LogP contribution in [0.2, 0.25) is 0 Å². The molecule has 1 aromatic heterocycles. The number of H-pyrrole nitrogens is 1. The molecule has 1 aromatic carbocycles. The first kappa shape index (κ1) is 16.0. The van der Waals surface area contributed by atoms with E-state index >= 15 is 0 Å². The molecule has 0 saturated carbocycles. The lowest BCUT2D eigenvalue weighted by atomic mass is 10.0. The van der Waals surface area contributed by atoms with Crippen LogP contribution < -0.4 is 5.32 Å². The summed E-state index contributed by atoms with van der Waals surface area (Å²) in [6.07, 6.45) is 2.29. The number of aryl methyl sites for hydroxylation is 2. The fraction of sp³-hybridized carbons (Fsp3) is 0.278. The highest BCUT2D eigenvalue weighted by atomic mass is 16.2. The SMILES string of the molecule is CC(=O)N1CC(Nc2ccc(Cc3c(C)n[nH]c3C)cc2)=CC1=O. The molecule has 124 valence electrons. The monoisotopic (exact) mass is 324 g/mol. The van der Waals surface area contributed by atoms with E-state index in [1.165, 1.54) is 29.0 Å². The summed E-state index contributed by atoms with van der Waals surface area (Å²) in [7, 11) is 0. The van der Waals surface area contributed by atoms with Gasteiger partial charge in [0.2, 0.25) is 5.91 Å². The maximum atomic E-state index is 11.7. The summed E-state index contributed by atoms with van der Waals surface area (Å²) in [5.41, 5.74) is 6.14. The Hall–Kier alpha value is -2.89. The average molecular weight is 324 g/mol. The van der Waals surface area contributed by atoms with Crippen molar-refractivity contribution in [3.8, 4) is 0 Å². The van der Waals surface area contributed by atoms with Gasteiger partial charge in [-0.1, -0.05) is 12.1 Å². The molecule has 0 atom stereocenters. The number of aromatic nitrogens is 2. The van der Waals surface area contributed by atoms with E-state index in [0.717, 1.165) is 29.2 Å². The maximum absolute atomic E-state index is 11.7. The van der Waals surface area contributed by atoms with Gasteiger partial charge in [-0.25, -0.2) is 0 Å². The molecule has 0 aliphatic carbocycles. The summed E-state index contributed by atoms with van der Waals surface area (Å²) >= 11 is 0. The van der Waals surface area contributed by atoms with Gasteiger partial charge in [0.15, 0.2) is 0 Å². The first-order valence-electron chi connectivity index (χ1n) is 7.83. The van der Waals surface area contributed by atoms with Gasteiger partial charge in [-0.3, -0.25) is 19.6 Å². The third kappa shape index (κ3) is 3.22. The minimum Gasteiger partial charge on any atom is -0.357 e. The standard InChI is InChI=1S/C18H20N4O2/c1-11-17(12(2)21-20-11)8-14-4-6-15(7-5-14)19-16-9-18(24)22(10-16)13(3)23/h4-7,9,19H,8,10H2,1-3H3,(H,20,21). The number of nitrogens with zero attached hydrogens (tertiary/aromatic N) is 2. The maximum Gasteiger partial charge on any atom is 0.255 e. The van der Waals surface area contributed by atoms with Gasteiger partial charge in [-0.2, -0.15) is 5.10 Å². The molecule has 2 amide bonds. The number of hydrogen-bond acceptors (Lipinski definition) is 4. The molecule has 2 heterocycles. The molecule has 1 aliphatic heterocycles. The number of nitrogens with one attached hydrogen (secondary N) is 2. The van der Waals surface area contributed by atoms with Gasteiger partial charge < -0.3 is 5.32 Å². The van der Waals surface area contributed by atoms with Gasteiger partial charge >= 0.3 is 0 Å². The number of rotatable bonds is 4. The van der Waals surface area contributed by atoms with Gasteiger partial charge in [0.25, 0.3) is 5.91 Å². The molecule has 24 heavy (non-hydrogen) atoms. The first-order chi connectivity index (χ1) is 11.4. The second-order valence-corrected chi connectivity index (χ2v) is 6.02. The van der Waals surface area contributed by atoms with Crippen molar-refractivity contribution >= 4 is 17.5 Å². The smallest absolute Gasteiger partial charge is 0.255 e. The third-order valence-electron chi connectivity index (χ3n) is 4.19. The Morgan fingerprint density at radius 2 is 2.00 bits per heavy atom. The molecule has 0 saturated heterocycles. The number of imide groups is 1. The quantitative estimate of drug-likeness (QED) is 0.904. The van der Waals surface area contributed by atoms with Crippen molar-refractivity contribution in [2.75, 3.05) is 11.9 Å². The number of aromatic amines is 1. The highest BCUT2D eigenvalue weighted by molar-refractivity contribution is 6.03. The topological polar surface area (TPSA) is 78.1 Å². The van der Waals surface area contributed by atoms with E-state index in [-0.39, 0.29) is 11.8 Å². The highest BCUT2D eigenvalue weighted by Crippen LogP contribution is 2.19. The van der Waals surface area contributed by atoms with Gasteiger partial charge in [-0.15, -0.1) is 0 Å². The van der Waals surface area contributed by atoms with E-state index < -0.39 is 0 Å². The van der Waals surface area contributed by atoms with E-state index in [4.69, 9.17) is 0 Å². The molecule has 0 unspecified atom stereocenters. The zero-order valence-electron chi connectivity index (χ0n) is 14.0. The highest BCUT2D eigenvalue weighted by Gasteiger charge is 2.24. The Morgan fingerprint density at radius 3 is 2.54 bits per heavy atom. The van der Waals surface area contributed by atoms with Gasteiger partial charge in [0.1, 0.15) is 0 Å². The summed E-state index contributed by atoms with van der Waals surface area (Å²) in [6.45, 7) is 5.71. The molecule has 0 radical (unpaired) electrons. The van der Waals surface area contributed by atoms with Crippen molar-refractivity contribution in [3.05, 3.63) is 58.6 Å². The number of benzene rings is 1. The number of anilines is 1. The van der Waals surface area contributed by atoms with Crippen molar-refractivity contribution in [3.63, 3.8) is 0 Å². The fourth-order valence-corrected chi connectivity index (χ4v) is 2.79. The van der Waals surface area contributed by atoms with Crippen molar-refractivity contribution in [2.24, 2.45) is 0 Å². The molecule has 3 rings (SSSR count). The molecule has 6 heteroatoms. The van der Waals surface area contributed by atoms with Crippen molar-refractivity contribution in [2.45, 2.75) is 27.2 Å². The molecular weight excluding hydrogens is 304 g/mol. The summed E-state index contributed by atoms with van der Waals surface area (Å²) < 4.78 is 0. The van der Waals surface area contributed by atoms with E-state index in [1.54, 1.807) is 0 Å². The largest absolute Gasteiger partial charge is 0.357 e. The Morgan fingerprint density at radius 1 is 1.29 bits per heavy atom. The Bertz CT molecular complexity index is 799. The number of hydrogen-bond donors (Lipinski definition) is 2. The summed E-state index contributed by atoms with van der Waals surface area (Å²) in [5.74, 6) is -0.512. The van der Waals surface area contributed by atoms with Crippen LogP contribution in [0.5, 0.6) is 0 Å². The van der Waals surface area contributed by atoms with Gasteiger partial charge in [0, 0.05) is 42.1 Å². The van der Waals surface area contributed by atoms with Gasteiger partial charge in [0.05, 0.1) is 12.2 Å². The summed E-state index contributed by atoms with van der Waals surface area (Å²) in [6, 6.07) is 8.05. The van der Waals surface area contributed by atoms with E-state index in [1.807, 2.05) is 38.1 Å². The van der Waals surface area contributed by atoms with Crippen LogP contribution in [0.4, 0.5) is 5.69 Å². The lowest BCUT2D eigenvalue weighted by Gasteiger charge is -2.13. The molecule has 2 aromatic rings. The zero-order chi connectivity index (χ0) is 17.3. The Kier molecular flexibility index (Phi) is 4.20. The summed E-state index contributed by atoms with van der Waals surface area (Å²) in [5, 5.41) is 10.4. The predicted octanol–water partition coefficient (Wildman–Crippen LogP) is 2.30. The second kappa shape index (κ2) is 6.31.